The Balaban J connectivity index is 1.95. The van der Waals surface area contributed by atoms with Crippen LogP contribution in [0, 0.1) is 11.3 Å². The molecule has 0 atom stereocenters. The summed E-state index contributed by atoms with van der Waals surface area (Å²) in [4.78, 5) is 4.57. The third kappa shape index (κ3) is 2.73. The Morgan fingerprint density at radius 3 is 2.73 bits per heavy atom. The fourth-order valence-electron chi connectivity index (χ4n) is 2.95. The molecule has 22 heavy (non-hydrogen) atoms. The van der Waals surface area contributed by atoms with Gasteiger partial charge in [-0.05, 0) is 36.5 Å². The van der Waals surface area contributed by atoms with Gasteiger partial charge in [0.15, 0.2) is 0 Å². The van der Waals surface area contributed by atoms with E-state index in [1.165, 1.54) is 11.1 Å². The Bertz CT molecular complexity index is 810. The second-order valence-electron chi connectivity index (χ2n) is 5.42. The molecular formula is C19H19N3. The normalized spacial score (nSPS) is 10.7. The molecule has 3 heteroatoms. The minimum Gasteiger partial charge on any atom is -0.316 e. The van der Waals surface area contributed by atoms with E-state index in [-0.39, 0.29) is 0 Å². The molecule has 3 rings (SSSR count). The van der Waals surface area contributed by atoms with E-state index in [2.05, 4.69) is 52.7 Å². The molecule has 2 aromatic heterocycles. The molecule has 1 aromatic carbocycles. The average Bonchev–Trinajstić information content (AvgIpc) is 2.93. The minimum atomic E-state index is 0.444. The fourth-order valence-corrected chi connectivity index (χ4v) is 2.95. The Hall–Kier alpha value is -2.60. The van der Waals surface area contributed by atoms with Gasteiger partial charge >= 0.3 is 0 Å². The predicted octanol–water partition coefficient (Wildman–Crippen LogP) is 3.75. The van der Waals surface area contributed by atoms with Gasteiger partial charge in [0.05, 0.1) is 23.7 Å². The second kappa shape index (κ2) is 6.44. The maximum atomic E-state index is 9.06. The van der Waals surface area contributed by atoms with Crippen molar-refractivity contribution in [2.75, 3.05) is 0 Å². The van der Waals surface area contributed by atoms with Crippen LogP contribution in [0.15, 0.2) is 48.8 Å². The number of aryl methyl sites for hydroxylation is 3. The molecule has 3 aromatic rings. The van der Waals surface area contributed by atoms with Crippen LogP contribution in [0.5, 0.6) is 0 Å². The summed E-state index contributed by atoms with van der Waals surface area (Å²) in [6, 6.07) is 14.9. The summed E-state index contributed by atoms with van der Waals surface area (Å²) in [6.07, 6.45) is 7.08. The quantitative estimate of drug-likeness (QED) is 0.718. The molecule has 0 aliphatic carbocycles. The predicted molar refractivity (Wildman–Crippen MR) is 87.7 cm³/mol. The van der Waals surface area contributed by atoms with Gasteiger partial charge in [-0.1, -0.05) is 37.3 Å². The largest absolute Gasteiger partial charge is 0.316 e. The first-order chi connectivity index (χ1) is 10.8. The second-order valence-corrected chi connectivity index (χ2v) is 5.42. The van der Waals surface area contributed by atoms with Gasteiger partial charge in [0.25, 0.3) is 0 Å². The van der Waals surface area contributed by atoms with E-state index in [9.17, 15) is 0 Å². The van der Waals surface area contributed by atoms with Crippen LogP contribution in [0.1, 0.15) is 29.4 Å². The lowest BCUT2D eigenvalue weighted by Gasteiger charge is -2.06. The molecule has 0 radical (unpaired) electrons. The van der Waals surface area contributed by atoms with Gasteiger partial charge in [0.1, 0.15) is 0 Å². The number of aromatic nitrogens is 2. The van der Waals surface area contributed by atoms with E-state index < -0.39 is 0 Å². The van der Waals surface area contributed by atoms with Gasteiger partial charge < -0.3 is 4.40 Å². The maximum absolute atomic E-state index is 9.06. The van der Waals surface area contributed by atoms with Crippen LogP contribution in [-0.4, -0.2) is 9.38 Å². The molecule has 110 valence electrons. The lowest BCUT2D eigenvalue weighted by atomic mass is 10.1. The SMILES string of the molecule is CCc1cc2c(CCc3ccccc3)nccn2c1CC#N. The Morgan fingerprint density at radius 1 is 1.18 bits per heavy atom. The standard InChI is InChI=1S/C19H19N3/c1-2-16-14-19-17(9-8-15-6-4-3-5-7-15)21-12-13-22(19)18(16)10-11-20/h3-7,12-14H,2,8-10H2,1H3. The smallest absolute Gasteiger partial charge is 0.0761 e. The maximum Gasteiger partial charge on any atom is 0.0761 e. The average molecular weight is 289 g/mol. The number of hydrogen-bond acceptors (Lipinski definition) is 2. The molecule has 0 unspecified atom stereocenters. The third-order valence-corrected chi connectivity index (χ3v) is 4.09. The van der Waals surface area contributed by atoms with Crippen LogP contribution < -0.4 is 0 Å². The van der Waals surface area contributed by atoms with Crippen LogP contribution >= 0.6 is 0 Å². The summed E-state index contributed by atoms with van der Waals surface area (Å²) in [5, 5.41) is 9.06. The molecule has 0 fully saturated rings. The summed E-state index contributed by atoms with van der Waals surface area (Å²) < 4.78 is 2.13. The fraction of sp³-hybridized carbons (Fsp3) is 0.263. The van der Waals surface area contributed by atoms with Crippen LogP contribution in [0.25, 0.3) is 5.52 Å². The lowest BCUT2D eigenvalue weighted by Crippen LogP contribution is -2.00. The van der Waals surface area contributed by atoms with Crippen molar-refractivity contribution in [1.29, 1.82) is 5.26 Å². The third-order valence-electron chi connectivity index (χ3n) is 4.09. The van der Waals surface area contributed by atoms with Crippen LogP contribution in [0.3, 0.4) is 0 Å². The minimum absolute atomic E-state index is 0.444. The highest BCUT2D eigenvalue weighted by Gasteiger charge is 2.12. The molecule has 0 amide bonds. The highest BCUT2D eigenvalue weighted by Crippen LogP contribution is 2.21. The summed E-state index contributed by atoms with van der Waals surface area (Å²) >= 11 is 0. The zero-order chi connectivity index (χ0) is 15.4. The Morgan fingerprint density at radius 2 is 2.00 bits per heavy atom. The van der Waals surface area contributed by atoms with E-state index >= 15 is 0 Å². The monoisotopic (exact) mass is 289 g/mol. The van der Waals surface area contributed by atoms with Gasteiger partial charge in [-0.2, -0.15) is 5.26 Å². The molecule has 2 heterocycles. The van der Waals surface area contributed by atoms with E-state index in [4.69, 9.17) is 5.26 Å². The molecule has 0 aliphatic rings. The zero-order valence-electron chi connectivity index (χ0n) is 12.8. The molecule has 0 aliphatic heterocycles. The van der Waals surface area contributed by atoms with Crippen molar-refractivity contribution in [3.05, 3.63) is 71.3 Å². The zero-order valence-corrected chi connectivity index (χ0v) is 12.8. The van der Waals surface area contributed by atoms with Crippen LogP contribution in [0.4, 0.5) is 0 Å². The first-order valence-corrected chi connectivity index (χ1v) is 7.71. The molecule has 0 bridgehead atoms. The first kappa shape index (κ1) is 14.3. The molecular weight excluding hydrogens is 270 g/mol. The first-order valence-electron chi connectivity index (χ1n) is 7.71. The number of rotatable bonds is 5. The Kier molecular flexibility index (Phi) is 4.20. The van der Waals surface area contributed by atoms with Crippen LogP contribution in [0.2, 0.25) is 0 Å². The van der Waals surface area contributed by atoms with Crippen LogP contribution in [-0.2, 0) is 25.7 Å². The molecule has 0 spiro atoms. The van der Waals surface area contributed by atoms with Crippen molar-refractivity contribution in [3.63, 3.8) is 0 Å². The van der Waals surface area contributed by atoms with Crippen molar-refractivity contribution < 1.29 is 0 Å². The Labute approximate surface area is 130 Å². The lowest BCUT2D eigenvalue weighted by molar-refractivity contribution is 0.898. The van der Waals surface area contributed by atoms with Crippen molar-refractivity contribution in [3.8, 4) is 6.07 Å². The van der Waals surface area contributed by atoms with Crippen molar-refractivity contribution in [2.24, 2.45) is 0 Å². The summed E-state index contributed by atoms with van der Waals surface area (Å²) in [5.74, 6) is 0. The van der Waals surface area contributed by atoms with Gasteiger partial charge in [-0.25, -0.2) is 0 Å². The topological polar surface area (TPSA) is 41.1 Å². The highest BCUT2D eigenvalue weighted by molar-refractivity contribution is 5.58. The summed E-state index contributed by atoms with van der Waals surface area (Å²) in [6.45, 7) is 2.13. The van der Waals surface area contributed by atoms with E-state index in [1.807, 2.05) is 18.5 Å². The summed E-state index contributed by atoms with van der Waals surface area (Å²) in [5.41, 5.74) is 5.91. The van der Waals surface area contributed by atoms with Gasteiger partial charge in [-0.15, -0.1) is 0 Å². The van der Waals surface area contributed by atoms with Gasteiger partial charge in [-0.3, -0.25) is 4.98 Å². The van der Waals surface area contributed by atoms with E-state index in [1.54, 1.807) is 0 Å². The van der Waals surface area contributed by atoms with Crippen molar-refractivity contribution >= 4 is 5.52 Å². The number of benzene rings is 1. The summed E-state index contributed by atoms with van der Waals surface area (Å²) in [7, 11) is 0. The number of hydrogen-bond donors (Lipinski definition) is 0. The van der Waals surface area contributed by atoms with Crippen molar-refractivity contribution in [2.45, 2.75) is 32.6 Å². The number of fused-ring (bicyclic) bond motifs is 1. The molecule has 0 saturated carbocycles. The van der Waals surface area contributed by atoms with Crippen molar-refractivity contribution in [1.82, 2.24) is 9.38 Å². The molecule has 0 N–H and O–H groups in total. The highest BCUT2D eigenvalue weighted by atomic mass is 14.9. The van der Waals surface area contributed by atoms with E-state index in [0.717, 1.165) is 36.2 Å². The molecule has 0 saturated heterocycles. The van der Waals surface area contributed by atoms with E-state index in [0.29, 0.717) is 6.42 Å². The molecule has 3 nitrogen and oxygen atoms in total. The number of nitriles is 1. The number of nitrogens with zero attached hydrogens (tertiary/aromatic N) is 3. The van der Waals surface area contributed by atoms with Gasteiger partial charge in [0.2, 0.25) is 0 Å². The van der Waals surface area contributed by atoms with Gasteiger partial charge in [0, 0.05) is 18.1 Å².